The molecule has 1 aliphatic rings. The van der Waals surface area contributed by atoms with E-state index in [4.69, 9.17) is 10.2 Å². The van der Waals surface area contributed by atoms with Crippen LogP contribution in [0.5, 0.6) is 0 Å². The molecular weight excluding hydrogens is 212 g/mol. The van der Waals surface area contributed by atoms with Crippen LogP contribution in [-0.2, 0) is 0 Å². The van der Waals surface area contributed by atoms with Gasteiger partial charge in [-0.25, -0.2) is 9.59 Å². The van der Waals surface area contributed by atoms with Gasteiger partial charge >= 0.3 is 11.9 Å². The first-order chi connectivity index (χ1) is 7.52. The van der Waals surface area contributed by atoms with Crippen molar-refractivity contribution in [3.05, 3.63) is 40.5 Å². The molecule has 0 aliphatic heterocycles. The second kappa shape index (κ2) is 3.30. The molecule has 1 aliphatic carbocycles. The summed E-state index contributed by atoms with van der Waals surface area (Å²) >= 11 is 0. The van der Waals surface area contributed by atoms with Crippen LogP contribution in [0.25, 0.3) is 6.08 Å². The van der Waals surface area contributed by atoms with Crippen molar-refractivity contribution in [3.63, 3.8) is 0 Å². The molecule has 0 fully saturated rings. The summed E-state index contributed by atoms with van der Waals surface area (Å²) in [5.74, 6) is -2.99. The number of ketones is 1. The van der Waals surface area contributed by atoms with Crippen LogP contribution in [0.1, 0.15) is 36.6 Å². The highest BCUT2D eigenvalue weighted by molar-refractivity contribution is 6.18. The van der Waals surface area contributed by atoms with Gasteiger partial charge in [0.25, 0.3) is 0 Å². The third-order valence-electron chi connectivity index (χ3n) is 2.36. The predicted octanol–water partition coefficient (Wildman–Crippen LogP) is 1.29. The Labute approximate surface area is 89.6 Å². The molecular formula is C11H6O5. The maximum atomic E-state index is 11.3. The van der Waals surface area contributed by atoms with Gasteiger partial charge in [-0.15, -0.1) is 0 Å². The van der Waals surface area contributed by atoms with E-state index in [-0.39, 0.29) is 28.0 Å². The number of carboxylic acids is 2. The molecule has 0 aromatic heterocycles. The number of carbonyl (C=O) groups excluding carboxylic acids is 1. The van der Waals surface area contributed by atoms with Gasteiger partial charge in [0.05, 0.1) is 11.1 Å². The quantitative estimate of drug-likeness (QED) is 0.780. The molecule has 2 rings (SSSR count). The molecule has 1 aromatic carbocycles. The zero-order valence-corrected chi connectivity index (χ0v) is 7.93. The Hall–Kier alpha value is -2.43. The Morgan fingerprint density at radius 3 is 2.25 bits per heavy atom. The van der Waals surface area contributed by atoms with Crippen LogP contribution in [0.3, 0.4) is 0 Å². The predicted molar refractivity (Wildman–Crippen MR) is 53.7 cm³/mol. The summed E-state index contributed by atoms with van der Waals surface area (Å²) in [5, 5.41) is 17.8. The van der Waals surface area contributed by atoms with Crippen LogP contribution in [0.2, 0.25) is 0 Å². The highest BCUT2D eigenvalue weighted by Gasteiger charge is 2.25. The number of carboxylic acid groups (broad SMARTS) is 2. The number of benzene rings is 1. The molecule has 5 nitrogen and oxygen atoms in total. The van der Waals surface area contributed by atoms with Gasteiger partial charge in [-0.3, -0.25) is 4.79 Å². The lowest BCUT2D eigenvalue weighted by molar-refractivity contribution is 0.0651. The standard InChI is InChI=1S/C11H6O5/c12-8-4-3-6-5(8)1-2-7(10(13)14)9(6)11(15)16/h1-4H,(H,13,14)(H,15,16). The summed E-state index contributed by atoms with van der Waals surface area (Å²) in [4.78, 5) is 33.1. The average molecular weight is 218 g/mol. The summed E-state index contributed by atoms with van der Waals surface area (Å²) in [7, 11) is 0. The van der Waals surface area contributed by atoms with E-state index in [0.717, 1.165) is 6.07 Å². The molecule has 1 aromatic rings. The summed E-state index contributed by atoms with van der Waals surface area (Å²) < 4.78 is 0. The Morgan fingerprint density at radius 2 is 1.69 bits per heavy atom. The van der Waals surface area contributed by atoms with Gasteiger partial charge in [0.1, 0.15) is 0 Å². The molecule has 80 valence electrons. The Balaban J connectivity index is 2.79. The lowest BCUT2D eigenvalue weighted by Gasteiger charge is -2.06. The van der Waals surface area contributed by atoms with E-state index >= 15 is 0 Å². The Bertz CT molecular complexity index is 554. The SMILES string of the molecule is O=C1C=Cc2c1ccc(C(=O)O)c2C(=O)O. The summed E-state index contributed by atoms with van der Waals surface area (Å²) in [6.45, 7) is 0. The van der Waals surface area contributed by atoms with E-state index in [1.165, 1.54) is 18.2 Å². The largest absolute Gasteiger partial charge is 0.478 e. The fraction of sp³-hybridized carbons (Fsp3) is 0. The van der Waals surface area contributed by atoms with Crippen molar-refractivity contribution in [2.45, 2.75) is 0 Å². The van der Waals surface area contributed by atoms with Crippen molar-refractivity contribution in [1.82, 2.24) is 0 Å². The molecule has 0 saturated carbocycles. The second-order valence-corrected chi connectivity index (χ2v) is 3.26. The average Bonchev–Trinajstić information content (AvgIpc) is 2.58. The van der Waals surface area contributed by atoms with Crippen LogP contribution >= 0.6 is 0 Å². The van der Waals surface area contributed by atoms with Crippen LogP contribution in [0.4, 0.5) is 0 Å². The number of aromatic carboxylic acids is 2. The number of hydrogen-bond donors (Lipinski definition) is 2. The summed E-state index contributed by atoms with van der Waals surface area (Å²) in [5.41, 5.74) is -0.266. The normalized spacial score (nSPS) is 12.6. The van der Waals surface area contributed by atoms with Crippen LogP contribution in [-0.4, -0.2) is 27.9 Å². The maximum Gasteiger partial charge on any atom is 0.337 e. The highest BCUT2D eigenvalue weighted by atomic mass is 16.4. The van der Waals surface area contributed by atoms with Gasteiger partial charge in [0.2, 0.25) is 0 Å². The lowest BCUT2D eigenvalue weighted by atomic mass is 9.97. The molecule has 2 N–H and O–H groups in total. The molecule has 0 atom stereocenters. The fourth-order valence-electron chi connectivity index (χ4n) is 1.66. The summed E-state index contributed by atoms with van der Waals surface area (Å²) in [6, 6.07) is 2.46. The topological polar surface area (TPSA) is 91.7 Å². The third kappa shape index (κ3) is 1.30. The maximum absolute atomic E-state index is 11.3. The van der Waals surface area contributed by atoms with Crippen molar-refractivity contribution in [3.8, 4) is 0 Å². The first-order valence-corrected chi connectivity index (χ1v) is 4.38. The van der Waals surface area contributed by atoms with E-state index in [9.17, 15) is 14.4 Å². The number of rotatable bonds is 2. The van der Waals surface area contributed by atoms with E-state index in [0.29, 0.717) is 0 Å². The van der Waals surface area contributed by atoms with Gasteiger partial charge in [-0.05, 0) is 24.3 Å². The highest BCUT2D eigenvalue weighted by Crippen LogP contribution is 2.26. The van der Waals surface area contributed by atoms with Crippen molar-refractivity contribution in [1.29, 1.82) is 0 Å². The first kappa shape index (κ1) is 10.1. The molecule has 0 amide bonds. The van der Waals surface area contributed by atoms with Gasteiger partial charge in [-0.1, -0.05) is 0 Å². The molecule has 0 bridgehead atoms. The zero-order valence-electron chi connectivity index (χ0n) is 7.93. The third-order valence-corrected chi connectivity index (χ3v) is 2.36. The van der Waals surface area contributed by atoms with E-state index in [1.54, 1.807) is 0 Å². The Morgan fingerprint density at radius 1 is 1.00 bits per heavy atom. The van der Waals surface area contributed by atoms with Crippen LogP contribution in [0, 0.1) is 0 Å². The lowest BCUT2D eigenvalue weighted by Crippen LogP contribution is -2.11. The van der Waals surface area contributed by atoms with Gasteiger partial charge in [0, 0.05) is 11.1 Å². The van der Waals surface area contributed by atoms with Crippen molar-refractivity contribution in [2.75, 3.05) is 0 Å². The minimum absolute atomic E-state index is 0.164. The number of carbonyl (C=O) groups is 3. The molecule has 5 heteroatoms. The minimum atomic E-state index is -1.35. The second-order valence-electron chi connectivity index (χ2n) is 3.26. The number of allylic oxidation sites excluding steroid dienone is 1. The van der Waals surface area contributed by atoms with Crippen LogP contribution < -0.4 is 0 Å². The fourth-order valence-corrected chi connectivity index (χ4v) is 1.66. The summed E-state index contributed by atoms with van der Waals surface area (Å²) in [6.07, 6.45) is 2.55. The van der Waals surface area contributed by atoms with E-state index in [2.05, 4.69) is 0 Å². The van der Waals surface area contributed by atoms with Crippen molar-refractivity contribution < 1.29 is 24.6 Å². The van der Waals surface area contributed by atoms with Crippen molar-refractivity contribution >= 4 is 23.8 Å². The first-order valence-electron chi connectivity index (χ1n) is 4.38. The van der Waals surface area contributed by atoms with Crippen molar-refractivity contribution in [2.24, 2.45) is 0 Å². The zero-order chi connectivity index (χ0) is 11.9. The molecule has 0 radical (unpaired) electrons. The van der Waals surface area contributed by atoms with Gasteiger partial charge < -0.3 is 10.2 Å². The number of fused-ring (bicyclic) bond motifs is 1. The number of hydrogen-bond acceptors (Lipinski definition) is 3. The molecule has 0 unspecified atom stereocenters. The van der Waals surface area contributed by atoms with Gasteiger partial charge in [0.15, 0.2) is 5.78 Å². The van der Waals surface area contributed by atoms with E-state index in [1.807, 2.05) is 0 Å². The van der Waals surface area contributed by atoms with Gasteiger partial charge in [-0.2, -0.15) is 0 Å². The van der Waals surface area contributed by atoms with E-state index < -0.39 is 11.9 Å². The molecule has 16 heavy (non-hydrogen) atoms. The molecule has 0 saturated heterocycles. The Kier molecular flexibility index (Phi) is 2.09. The minimum Gasteiger partial charge on any atom is -0.478 e. The monoisotopic (exact) mass is 218 g/mol. The molecule has 0 heterocycles. The van der Waals surface area contributed by atoms with Crippen LogP contribution in [0.15, 0.2) is 18.2 Å². The molecule has 0 spiro atoms. The smallest absolute Gasteiger partial charge is 0.337 e.